The molecule has 480 valence electrons. The minimum Gasteiger partial charge on any atom is -0.490 e. The standard InChI is InChI=1S/C64H84N10O15/c1-44-32-49-39-65-51-37-56(55(36-50(51)62(78)74(49)40-44)89-31-30-87-29-28-86-27-26-85-25-24-84-23-22-83-21-20-82-19-18-81-17-16-80-8)88-15-9-10-58(75)68-57-43-72(7)59(69-57)61(77)67-47-34-53(70(5)41-47)60(76)66-48-35-54(71(6)42-48)63(79)73-14-13-46-33-45(11-12-52(46)73)38-64(2,3)4/h11-14,33-37,39,41-43,49H,1,9-10,15-32,38,40H2,2-8H3,(H,66,76)(H,67,77)(H,68,75)/t49-/m0/s1. The third-order valence-corrected chi connectivity index (χ3v) is 14.2. The molecule has 4 amide bonds. The number of carbonyl (C=O) groups is 5. The summed E-state index contributed by atoms with van der Waals surface area (Å²) >= 11 is 0. The number of benzene rings is 2. The van der Waals surface area contributed by atoms with Crippen LogP contribution in [0.5, 0.6) is 11.5 Å². The number of anilines is 3. The summed E-state index contributed by atoms with van der Waals surface area (Å²) in [7, 11) is 6.67. The van der Waals surface area contributed by atoms with Crippen molar-refractivity contribution in [3.8, 4) is 11.5 Å². The van der Waals surface area contributed by atoms with Crippen LogP contribution in [-0.2, 0) is 70.3 Å². The number of carbonyl (C=O) groups excluding carboxylic acids is 5. The number of rotatable bonds is 37. The van der Waals surface area contributed by atoms with E-state index >= 15 is 0 Å². The summed E-state index contributed by atoms with van der Waals surface area (Å²) in [6.07, 6.45) is 10.2. The summed E-state index contributed by atoms with van der Waals surface area (Å²) in [5.74, 6) is -0.996. The Hall–Kier alpha value is -8.01. The molecule has 0 bridgehead atoms. The van der Waals surface area contributed by atoms with Crippen LogP contribution in [0.25, 0.3) is 10.9 Å². The number of imidazole rings is 1. The normalized spacial score (nSPS) is 13.9. The van der Waals surface area contributed by atoms with Crippen molar-refractivity contribution in [1.29, 1.82) is 0 Å². The highest BCUT2D eigenvalue weighted by Gasteiger charge is 2.34. The van der Waals surface area contributed by atoms with Gasteiger partial charge in [-0.3, -0.25) is 33.5 Å². The van der Waals surface area contributed by atoms with Crippen LogP contribution in [0.3, 0.4) is 0 Å². The van der Waals surface area contributed by atoms with Crippen molar-refractivity contribution in [3.63, 3.8) is 0 Å². The van der Waals surface area contributed by atoms with Crippen LogP contribution in [0.1, 0.15) is 87.6 Å². The second-order valence-electron chi connectivity index (χ2n) is 22.7. The highest BCUT2D eigenvalue weighted by atomic mass is 16.6. The van der Waals surface area contributed by atoms with Gasteiger partial charge in [-0.2, -0.15) is 0 Å². The van der Waals surface area contributed by atoms with E-state index in [-0.39, 0.29) is 72.8 Å². The van der Waals surface area contributed by atoms with E-state index < -0.39 is 11.8 Å². The van der Waals surface area contributed by atoms with Crippen molar-refractivity contribution in [1.82, 2.24) is 28.2 Å². The lowest BCUT2D eigenvalue weighted by Crippen LogP contribution is -2.35. The van der Waals surface area contributed by atoms with Crippen LogP contribution < -0.4 is 25.4 Å². The maximum Gasteiger partial charge on any atom is 0.291 e. The van der Waals surface area contributed by atoms with Crippen LogP contribution >= 0.6 is 0 Å². The number of hydrogen-bond acceptors (Lipinski definition) is 17. The summed E-state index contributed by atoms with van der Waals surface area (Å²) in [6.45, 7) is 18.0. The first-order valence-corrected chi connectivity index (χ1v) is 29.9. The zero-order valence-corrected chi connectivity index (χ0v) is 52.1. The van der Waals surface area contributed by atoms with Gasteiger partial charge in [0.25, 0.3) is 23.6 Å². The Morgan fingerprint density at radius 1 is 0.640 bits per heavy atom. The Kier molecular flexibility index (Phi) is 24.8. The highest BCUT2D eigenvalue weighted by molar-refractivity contribution is 6.08. The van der Waals surface area contributed by atoms with Gasteiger partial charge in [0.05, 0.1) is 140 Å². The van der Waals surface area contributed by atoms with Crippen molar-refractivity contribution >= 4 is 69.5 Å². The van der Waals surface area contributed by atoms with Gasteiger partial charge in [0.15, 0.2) is 17.3 Å². The quantitative estimate of drug-likeness (QED) is 0.0256. The van der Waals surface area contributed by atoms with Crippen LogP contribution in [0, 0.1) is 5.41 Å². The smallest absolute Gasteiger partial charge is 0.291 e. The van der Waals surface area contributed by atoms with E-state index in [4.69, 9.17) is 47.4 Å². The Balaban J connectivity index is 0.741. The fraction of sp³-hybridized carbons (Fsp3) is 0.484. The van der Waals surface area contributed by atoms with Gasteiger partial charge in [-0.25, -0.2) is 4.98 Å². The van der Waals surface area contributed by atoms with Gasteiger partial charge in [-0.05, 0) is 66.6 Å². The van der Waals surface area contributed by atoms with Gasteiger partial charge in [-0.15, -0.1) is 0 Å². The lowest BCUT2D eigenvalue weighted by Gasteiger charge is -2.20. The van der Waals surface area contributed by atoms with Gasteiger partial charge >= 0.3 is 0 Å². The highest BCUT2D eigenvalue weighted by Crippen LogP contribution is 2.39. The predicted molar refractivity (Wildman–Crippen MR) is 334 cm³/mol. The number of fused-ring (bicyclic) bond motifs is 3. The van der Waals surface area contributed by atoms with E-state index in [2.05, 4.69) is 65.4 Å². The van der Waals surface area contributed by atoms with E-state index in [1.165, 1.54) is 22.4 Å². The number of aromatic nitrogens is 5. The molecular formula is C64H84N10O15. The SMILES string of the molecule is C=C1C[C@H]2C=Nc3cc(OCCCC(=O)Nc4cn(C)c(C(=O)Nc5cc(C(=O)Nc6cc(C(=O)n7ccc8cc(CC(C)(C)C)ccc87)n(C)c6)n(C)c5)n4)c(OCCOCCOCCOCCOCCOCCOCCOCCOC)cc3C(=O)N2C1. The molecule has 0 spiro atoms. The average Bonchev–Trinajstić information content (AvgIpc) is 2.09. The monoisotopic (exact) mass is 1230 g/mol. The molecule has 6 heterocycles. The third kappa shape index (κ3) is 19.7. The Morgan fingerprint density at radius 2 is 1.20 bits per heavy atom. The van der Waals surface area contributed by atoms with Crippen molar-refractivity contribution < 1.29 is 71.3 Å². The maximum atomic E-state index is 13.8. The molecule has 6 aromatic rings. The number of amides is 4. The molecule has 0 saturated carbocycles. The molecule has 25 nitrogen and oxygen atoms in total. The molecule has 3 N–H and O–H groups in total. The molecule has 2 aliphatic rings. The predicted octanol–water partition coefficient (Wildman–Crippen LogP) is 7.26. The zero-order valence-electron chi connectivity index (χ0n) is 52.1. The molecular weight excluding hydrogens is 1150 g/mol. The first-order chi connectivity index (χ1) is 42.9. The number of hydrogen-bond donors (Lipinski definition) is 3. The van der Waals surface area contributed by atoms with Gasteiger partial charge in [0.2, 0.25) is 11.7 Å². The van der Waals surface area contributed by atoms with Gasteiger partial charge < -0.3 is 81.9 Å². The summed E-state index contributed by atoms with van der Waals surface area (Å²) in [5, 5.41) is 9.39. The molecule has 0 radical (unpaired) electrons. The molecule has 89 heavy (non-hydrogen) atoms. The number of nitrogens with zero attached hydrogens (tertiary/aromatic N) is 7. The fourth-order valence-corrected chi connectivity index (χ4v) is 9.99. The lowest BCUT2D eigenvalue weighted by atomic mass is 9.88. The average molecular weight is 1230 g/mol. The van der Waals surface area contributed by atoms with E-state index in [1.807, 2.05) is 12.1 Å². The maximum absolute atomic E-state index is 13.8. The molecule has 2 aromatic carbocycles. The minimum absolute atomic E-state index is 0.00926. The number of aliphatic imine (C=N–C) groups is 1. The Morgan fingerprint density at radius 3 is 1.82 bits per heavy atom. The number of aryl methyl sites for hydroxylation is 3. The van der Waals surface area contributed by atoms with Crippen molar-refractivity contribution in [2.75, 3.05) is 142 Å². The van der Waals surface area contributed by atoms with Crippen LogP contribution in [0.4, 0.5) is 22.9 Å². The molecule has 8 rings (SSSR count). The fourth-order valence-electron chi connectivity index (χ4n) is 9.99. The molecule has 1 saturated heterocycles. The summed E-state index contributed by atoms with van der Waals surface area (Å²) in [5.41, 5.74) is 5.24. The molecule has 1 fully saturated rings. The van der Waals surface area contributed by atoms with Crippen molar-refractivity contribution in [2.24, 2.45) is 31.6 Å². The van der Waals surface area contributed by atoms with Crippen LogP contribution in [0.15, 0.2) is 90.5 Å². The Bertz CT molecular complexity index is 3410. The van der Waals surface area contributed by atoms with Crippen LogP contribution in [-0.4, -0.2) is 196 Å². The van der Waals surface area contributed by atoms with Gasteiger partial charge in [0, 0.05) is 83.7 Å². The second kappa shape index (κ2) is 33.0. The number of methoxy groups -OCH3 is 1. The molecule has 25 heteroatoms. The second-order valence-corrected chi connectivity index (χ2v) is 22.7. The number of ether oxygens (including phenoxy) is 10. The van der Waals surface area contributed by atoms with E-state index in [1.54, 1.807) is 89.9 Å². The van der Waals surface area contributed by atoms with E-state index in [9.17, 15) is 24.0 Å². The molecule has 2 aliphatic heterocycles. The summed E-state index contributed by atoms with van der Waals surface area (Å²) in [6, 6.07) is 14.3. The van der Waals surface area contributed by atoms with Crippen molar-refractivity contribution in [3.05, 3.63) is 114 Å². The Labute approximate surface area is 518 Å². The van der Waals surface area contributed by atoms with Gasteiger partial charge in [0.1, 0.15) is 18.0 Å². The largest absolute Gasteiger partial charge is 0.490 e. The first kappa shape index (κ1) is 66.9. The zero-order chi connectivity index (χ0) is 63.3. The summed E-state index contributed by atoms with van der Waals surface area (Å²) < 4.78 is 62.3. The molecule has 0 unspecified atom stereocenters. The summed E-state index contributed by atoms with van der Waals surface area (Å²) in [4.78, 5) is 78.7. The third-order valence-electron chi connectivity index (χ3n) is 14.2. The van der Waals surface area contributed by atoms with E-state index in [0.717, 1.165) is 22.9 Å². The first-order valence-electron chi connectivity index (χ1n) is 29.9. The van der Waals surface area contributed by atoms with Crippen molar-refractivity contribution in [2.45, 2.75) is 52.5 Å². The number of nitrogens with one attached hydrogen (secondary N) is 3. The van der Waals surface area contributed by atoms with E-state index in [0.29, 0.717) is 152 Å². The molecule has 0 aliphatic carbocycles. The molecule has 4 aromatic heterocycles. The molecule has 1 atom stereocenters. The minimum atomic E-state index is -0.575. The lowest BCUT2D eigenvalue weighted by molar-refractivity contribution is -0.116. The topological polar surface area (TPSA) is 262 Å². The van der Waals surface area contributed by atoms with Gasteiger partial charge in [-0.1, -0.05) is 39.0 Å². The van der Waals surface area contributed by atoms with Crippen LogP contribution in [0.2, 0.25) is 0 Å².